The molecule has 1 atom stereocenters. The first-order valence-corrected chi connectivity index (χ1v) is 20.1. The third-order valence-electron chi connectivity index (χ3n) is 8.77. The highest BCUT2D eigenvalue weighted by Crippen LogP contribution is 2.17. The SMILES string of the molecule is CCCCCC/C=C\C/C=C\CCCCCCCC(=O)OC(CCC/C=C\C/C=C\CCCCCCC)CCCCCCCC(=O)O. The second-order valence-corrected chi connectivity index (χ2v) is 13.5. The van der Waals surface area contributed by atoms with Crippen LogP contribution in [0.4, 0.5) is 0 Å². The van der Waals surface area contributed by atoms with Gasteiger partial charge in [-0.2, -0.15) is 0 Å². The molecule has 0 rings (SSSR count). The van der Waals surface area contributed by atoms with Crippen LogP contribution in [0.5, 0.6) is 0 Å². The zero-order chi connectivity index (χ0) is 34.3. The van der Waals surface area contributed by atoms with Crippen molar-refractivity contribution in [3.05, 3.63) is 48.6 Å². The van der Waals surface area contributed by atoms with Crippen molar-refractivity contribution in [1.29, 1.82) is 0 Å². The Bertz CT molecular complexity index is 794. The molecule has 1 N–H and O–H groups in total. The number of ether oxygens (including phenoxy) is 1. The highest BCUT2D eigenvalue weighted by Gasteiger charge is 2.14. The molecule has 0 bridgehead atoms. The van der Waals surface area contributed by atoms with Gasteiger partial charge in [-0.1, -0.05) is 146 Å². The maximum Gasteiger partial charge on any atom is 0.306 e. The van der Waals surface area contributed by atoms with Gasteiger partial charge in [-0.05, 0) is 96.3 Å². The molecule has 0 aliphatic heterocycles. The second-order valence-electron chi connectivity index (χ2n) is 13.5. The molecule has 0 radical (unpaired) electrons. The Balaban J connectivity index is 4.15. The van der Waals surface area contributed by atoms with Crippen molar-refractivity contribution in [2.75, 3.05) is 0 Å². The first-order valence-electron chi connectivity index (χ1n) is 20.1. The van der Waals surface area contributed by atoms with E-state index < -0.39 is 5.97 Å². The summed E-state index contributed by atoms with van der Waals surface area (Å²) in [7, 11) is 0. The molecule has 0 fully saturated rings. The molecular formula is C43H76O4. The normalized spacial score (nSPS) is 12.7. The fourth-order valence-electron chi connectivity index (χ4n) is 5.78. The molecule has 0 saturated heterocycles. The standard InChI is InChI=1S/C43H76O4/c1-3-5-7-9-11-13-15-17-18-19-21-23-25-27-32-36-40-43(46)47-41(38-34-30-28-31-35-39-42(44)45)37-33-29-26-24-22-20-16-14-12-10-8-6-4-2/h13,15-16,18-20,24,26,41H,3-12,14,17,21-23,25,27-40H2,1-2H3,(H,44,45)/b15-13-,19-18-,20-16-,26-24-. The summed E-state index contributed by atoms with van der Waals surface area (Å²) in [5.41, 5.74) is 0. The minimum absolute atomic E-state index is 0.00483. The lowest BCUT2D eigenvalue weighted by Gasteiger charge is -2.18. The van der Waals surface area contributed by atoms with Crippen molar-refractivity contribution in [2.24, 2.45) is 0 Å². The summed E-state index contributed by atoms with van der Waals surface area (Å²) in [4.78, 5) is 23.4. The van der Waals surface area contributed by atoms with Gasteiger partial charge in [0.25, 0.3) is 0 Å². The van der Waals surface area contributed by atoms with Crippen LogP contribution in [0.15, 0.2) is 48.6 Å². The number of rotatable bonds is 36. The largest absolute Gasteiger partial charge is 0.481 e. The van der Waals surface area contributed by atoms with E-state index >= 15 is 0 Å². The van der Waals surface area contributed by atoms with Crippen LogP contribution < -0.4 is 0 Å². The lowest BCUT2D eigenvalue weighted by Crippen LogP contribution is -2.18. The number of allylic oxidation sites excluding steroid dienone is 8. The zero-order valence-corrected chi connectivity index (χ0v) is 31.1. The van der Waals surface area contributed by atoms with Crippen LogP contribution in [-0.4, -0.2) is 23.1 Å². The molecule has 0 aliphatic carbocycles. The van der Waals surface area contributed by atoms with E-state index in [0.29, 0.717) is 6.42 Å². The Morgan fingerprint density at radius 1 is 0.468 bits per heavy atom. The van der Waals surface area contributed by atoms with Crippen LogP contribution in [0.1, 0.15) is 206 Å². The Hall–Kier alpha value is -2.10. The topological polar surface area (TPSA) is 63.6 Å². The summed E-state index contributed by atoms with van der Waals surface area (Å²) in [6.07, 6.45) is 51.2. The first-order chi connectivity index (χ1) is 23.1. The van der Waals surface area contributed by atoms with Gasteiger partial charge in [0.1, 0.15) is 6.10 Å². The van der Waals surface area contributed by atoms with Crippen LogP contribution >= 0.6 is 0 Å². The summed E-state index contributed by atoms with van der Waals surface area (Å²) in [6, 6.07) is 0. The van der Waals surface area contributed by atoms with Crippen molar-refractivity contribution < 1.29 is 19.4 Å². The van der Waals surface area contributed by atoms with E-state index in [2.05, 4.69) is 62.5 Å². The fraction of sp³-hybridized carbons (Fsp3) is 0.767. The van der Waals surface area contributed by atoms with Crippen molar-refractivity contribution in [3.63, 3.8) is 0 Å². The highest BCUT2D eigenvalue weighted by atomic mass is 16.5. The van der Waals surface area contributed by atoms with Gasteiger partial charge in [-0.3, -0.25) is 9.59 Å². The highest BCUT2D eigenvalue weighted by molar-refractivity contribution is 5.69. The summed E-state index contributed by atoms with van der Waals surface area (Å²) in [5, 5.41) is 8.82. The number of unbranched alkanes of at least 4 members (excludes halogenated alkanes) is 19. The van der Waals surface area contributed by atoms with E-state index in [4.69, 9.17) is 9.84 Å². The Kier molecular flexibility index (Phi) is 36.6. The van der Waals surface area contributed by atoms with E-state index in [1.165, 1.54) is 89.9 Å². The van der Waals surface area contributed by atoms with Crippen LogP contribution in [0.25, 0.3) is 0 Å². The van der Waals surface area contributed by atoms with E-state index in [1.54, 1.807) is 0 Å². The second kappa shape index (κ2) is 38.3. The van der Waals surface area contributed by atoms with Gasteiger partial charge in [0.05, 0.1) is 0 Å². The molecule has 0 aliphatic rings. The quantitative estimate of drug-likeness (QED) is 0.0414. The zero-order valence-electron chi connectivity index (χ0n) is 31.1. The lowest BCUT2D eigenvalue weighted by molar-refractivity contribution is -0.150. The number of hydrogen-bond donors (Lipinski definition) is 1. The van der Waals surface area contributed by atoms with Gasteiger partial charge < -0.3 is 9.84 Å². The number of carbonyl (C=O) groups is 2. The predicted molar refractivity (Wildman–Crippen MR) is 204 cm³/mol. The molecule has 0 amide bonds. The summed E-state index contributed by atoms with van der Waals surface area (Å²) >= 11 is 0. The molecule has 1 unspecified atom stereocenters. The van der Waals surface area contributed by atoms with E-state index in [-0.39, 0.29) is 18.5 Å². The van der Waals surface area contributed by atoms with E-state index in [0.717, 1.165) is 89.9 Å². The van der Waals surface area contributed by atoms with Gasteiger partial charge in [0, 0.05) is 12.8 Å². The maximum atomic E-state index is 12.7. The van der Waals surface area contributed by atoms with Crippen molar-refractivity contribution >= 4 is 11.9 Å². The van der Waals surface area contributed by atoms with Crippen LogP contribution in [-0.2, 0) is 14.3 Å². The summed E-state index contributed by atoms with van der Waals surface area (Å²) in [5.74, 6) is -0.743. The molecule has 47 heavy (non-hydrogen) atoms. The van der Waals surface area contributed by atoms with Crippen LogP contribution in [0, 0.1) is 0 Å². The number of hydrogen-bond acceptors (Lipinski definition) is 3. The van der Waals surface area contributed by atoms with Crippen LogP contribution in [0.3, 0.4) is 0 Å². The number of esters is 1. The Morgan fingerprint density at radius 2 is 0.851 bits per heavy atom. The summed E-state index contributed by atoms with van der Waals surface area (Å²) in [6.45, 7) is 4.52. The lowest BCUT2D eigenvalue weighted by atomic mass is 10.0. The molecule has 0 spiro atoms. The predicted octanol–water partition coefficient (Wildman–Crippen LogP) is 14.0. The third kappa shape index (κ3) is 38.2. The van der Waals surface area contributed by atoms with Gasteiger partial charge >= 0.3 is 11.9 Å². The molecular weight excluding hydrogens is 580 g/mol. The Morgan fingerprint density at radius 3 is 1.36 bits per heavy atom. The average molecular weight is 657 g/mol. The number of carboxylic acid groups (broad SMARTS) is 1. The molecule has 0 aromatic rings. The van der Waals surface area contributed by atoms with Gasteiger partial charge in [-0.25, -0.2) is 0 Å². The molecule has 4 heteroatoms. The molecule has 0 aromatic heterocycles. The van der Waals surface area contributed by atoms with Crippen LogP contribution in [0.2, 0.25) is 0 Å². The first kappa shape index (κ1) is 44.9. The van der Waals surface area contributed by atoms with Crippen molar-refractivity contribution in [2.45, 2.75) is 213 Å². The minimum Gasteiger partial charge on any atom is -0.481 e. The molecule has 0 saturated carbocycles. The maximum absolute atomic E-state index is 12.7. The summed E-state index contributed by atoms with van der Waals surface area (Å²) < 4.78 is 5.97. The number of carbonyl (C=O) groups excluding carboxylic acids is 1. The fourth-order valence-corrected chi connectivity index (χ4v) is 5.78. The smallest absolute Gasteiger partial charge is 0.306 e. The third-order valence-corrected chi connectivity index (χ3v) is 8.77. The van der Waals surface area contributed by atoms with Gasteiger partial charge in [0.2, 0.25) is 0 Å². The van der Waals surface area contributed by atoms with Crippen molar-refractivity contribution in [1.82, 2.24) is 0 Å². The average Bonchev–Trinajstić information content (AvgIpc) is 3.05. The van der Waals surface area contributed by atoms with Crippen molar-refractivity contribution in [3.8, 4) is 0 Å². The molecule has 272 valence electrons. The van der Waals surface area contributed by atoms with E-state index in [1.807, 2.05) is 0 Å². The van der Waals surface area contributed by atoms with E-state index in [9.17, 15) is 9.59 Å². The Labute approximate surface area is 292 Å². The number of aliphatic carboxylic acids is 1. The number of carboxylic acids is 1. The minimum atomic E-state index is -0.709. The monoisotopic (exact) mass is 657 g/mol. The molecule has 0 heterocycles. The molecule has 0 aromatic carbocycles. The van der Waals surface area contributed by atoms with Gasteiger partial charge in [0.15, 0.2) is 0 Å². The molecule has 4 nitrogen and oxygen atoms in total. The van der Waals surface area contributed by atoms with Gasteiger partial charge in [-0.15, -0.1) is 0 Å².